The van der Waals surface area contributed by atoms with Crippen molar-refractivity contribution in [2.24, 2.45) is 0 Å². The quantitative estimate of drug-likeness (QED) is 0.693. The van der Waals surface area contributed by atoms with Crippen LogP contribution in [0.5, 0.6) is 5.75 Å². The fourth-order valence-electron chi connectivity index (χ4n) is 1.73. The lowest BCUT2D eigenvalue weighted by Crippen LogP contribution is -1.92. The molecule has 1 aromatic heterocycles. The molecule has 0 aliphatic rings. The predicted molar refractivity (Wildman–Crippen MR) is 85.8 cm³/mol. The first-order valence-corrected chi connectivity index (χ1v) is 7.61. The van der Waals surface area contributed by atoms with E-state index < -0.39 is 0 Å². The van der Waals surface area contributed by atoms with E-state index in [0.29, 0.717) is 10.8 Å². The van der Waals surface area contributed by atoms with Crippen LogP contribution < -0.4 is 4.74 Å². The number of hydrogen-bond acceptors (Lipinski definition) is 4. The van der Waals surface area contributed by atoms with Crippen LogP contribution in [-0.2, 0) is 5.75 Å². The van der Waals surface area contributed by atoms with Crippen LogP contribution in [0.4, 0.5) is 0 Å². The maximum Gasteiger partial charge on any atom is 0.122 e. The standard InChI is InChI=1S/C16H14ClNO2S/c1-20-15-7-6-12(4-3-9-19)10-13(15)11-21-16-14(17)5-2-8-18-16/h2,5-8,10,19H,9,11H2,1H3. The SMILES string of the molecule is COc1ccc(C#CCO)cc1CSc1ncccc1Cl. The van der Waals surface area contributed by atoms with E-state index in [2.05, 4.69) is 16.8 Å². The monoisotopic (exact) mass is 319 g/mol. The number of halogens is 1. The number of hydrogen-bond donors (Lipinski definition) is 1. The summed E-state index contributed by atoms with van der Waals surface area (Å²) in [5.41, 5.74) is 1.85. The molecule has 1 N–H and O–H groups in total. The number of thioether (sulfide) groups is 1. The van der Waals surface area contributed by atoms with E-state index in [1.54, 1.807) is 31.1 Å². The van der Waals surface area contributed by atoms with E-state index in [1.165, 1.54) is 0 Å². The number of nitrogens with zero attached hydrogens (tertiary/aromatic N) is 1. The molecule has 21 heavy (non-hydrogen) atoms. The number of pyridine rings is 1. The van der Waals surface area contributed by atoms with E-state index >= 15 is 0 Å². The fraction of sp³-hybridized carbons (Fsp3) is 0.188. The molecule has 1 heterocycles. The van der Waals surface area contributed by atoms with Gasteiger partial charge in [0, 0.05) is 23.1 Å². The molecule has 0 spiro atoms. The molecule has 0 aliphatic carbocycles. The van der Waals surface area contributed by atoms with Gasteiger partial charge in [0.2, 0.25) is 0 Å². The summed E-state index contributed by atoms with van der Waals surface area (Å²) >= 11 is 7.64. The van der Waals surface area contributed by atoms with Crippen LogP contribution >= 0.6 is 23.4 Å². The van der Waals surface area contributed by atoms with Crippen LogP contribution in [0, 0.1) is 11.8 Å². The molecule has 108 valence electrons. The van der Waals surface area contributed by atoms with Gasteiger partial charge in [-0.05, 0) is 30.3 Å². The van der Waals surface area contributed by atoms with E-state index in [4.69, 9.17) is 21.4 Å². The van der Waals surface area contributed by atoms with Crippen molar-refractivity contribution in [1.82, 2.24) is 4.98 Å². The lowest BCUT2D eigenvalue weighted by molar-refractivity contribution is 0.350. The zero-order valence-electron chi connectivity index (χ0n) is 11.5. The number of ether oxygens (including phenoxy) is 1. The Morgan fingerprint density at radius 2 is 2.24 bits per heavy atom. The molecular weight excluding hydrogens is 306 g/mol. The number of methoxy groups -OCH3 is 1. The second kappa shape index (κ2) is 7.94. The van der Waals surface area contributed by atoms with Gasteiger partial charge in [-0.1, -0.05) is 23.4 Å². The van der Waals surface area contributed by atoms with Crippen molar-refractivity contribution in [3.8, 4) is 17.6 Å². The largest absolute Gasteiger partial charge is 0.496 e. The van der Waals surface area contributed by atoms with Gasteiger partial charge in [0.15, 0.2) is 0 Å². The van der Waals surface area contributed by atoms with Gasteiger partial charge in [-0.15, -0.1) is 11.8 Å². The van der Waals surface area contributed by atoms with Crippen molar-refractivity contribution in [2.75, 3.05) is 13.7 Å². The molecule has 1 aromatic carbocycles. The highest BCUT2D eigenvalue weighted by Gasteiger charge is 2.07. The second-order valence-electron chi connectivity index (χ2n) is 4.07. The van der Waals surface area contributed by atoms with Gasteiger partial charge in [-0.2, -0.15) is 0 Å². The average molecular weight is 320 g/mol. The van der Waals surface area contributed by atoms with Gasteiger partial charge >= 0.3 is 0 Å². The molecule has 0 amide bonds. The number of aromatic nitrogens is 1. The molecule has 3 nitrogen and oxygen atoms in total. The van der Waals surface area contributed by atoms with Crippen molar-refractivity contribution in [3.63, 3.8) is 0 Å². The van der Waals surface area contributed by atoms with Gasteiger partial charge in [-0.25, -0.2) is 4.98 Å². The molecule has 2 aromatic rings. The normalized spacial score (nSPS) is 9.86. The molecule has 0 unspecified atom stereocenters. The van der Waals surface area contributed by atoms with Crippen LogP contribution in [0.3, 0.4) is 0 Å². The molecule has 0 radical (unpaired) electrons. The van der Waals surface area contributed by atoms with Gasteiger partial charge in [0.1, 0.15) is 17.4 Å². The van der Waals surface area contributed by atoms with Gasteiger partial charge in [0.25, 0.3) is 0 Å². The molecule has 0 saturated heterocycles. The van der Waals surface area contributed by atoms with Crippen molar-refractivity contribution in [2.45, 2.75) is 10.8 Å². The third-order valence-electron chi connectivity index (χ3n) is 2.68. The fourth-order valence-corrected chi connectivity index (χ4v) is 2.88. The summed E-state index contributed by atoms with van der Waals surface area (Å²) in [6, 6.07) is 9.31. The first kappa shape index (κ1) is 15.7. The maximum absolute atomic E-state index is 8.75. The Kier molecular flexibility index (Phi) is 5.94. The molecule has 2 rings (SSSR count). The van der Waals surface area contributed by atoms with E-state index in [-0.39, 0.29) is 6.61 Å². The number of aliphatic hydroxyl groups excluding tert-OH is 1. The van der Waals surface area contributed by atoms with Crippen molar-refractivity contribution in [3.05, 3.63) is 52.7 Å². The predicted octanol–water partition coefficient (Wildman–Crippen LogP) is 3.38. The van der Waals surface area contributed by atoms with E-state index in [0.717, 1.165) is 21.9 Å². The minimum Gasteiger partial charge on any atom is -0.496 e. The molecule has 0 aliphatic heterocycles. The summed E-state index contributed by atoms with van der Waals surface area (Å²) in [7, 11) is 1.64. The molecule has 0 saturated carbocycles. The highest BCUT2D eigenvalue weighted by molar-refractivity contribution is 7.98. The van der Waals surface area contributed by atoms with Crippen molar-refractivity contribution < 1.29 is 9.84 Å². The minimum atomic E-state index is -0.153. The van der Waals surface area contributed by atoms with Crippen LogP contribution in [0.15, 0.2) is 41.6 Å². The summed E-state index contributed by atoms with van der Waals surface area (Å²) in [6.07, 6.45) is 1.72. The molecular formula is C16H14ClNO2S. The topological polar surface area (TPSA) is 42.4 Å². The first-order chi connectivity index (χ1) is 10.2. The van der Waals surface area contributed by atoms with Gasteiger partial charge < -0.3 is 9.84 Å². The maximum atomic E-state index is 8.75. The summed E-state index contributed by atoms with van der Waals surface area (Å²) in [5, 5.41) is 10.2. The highest BCUT2D eigenvalue weighted by Crippen LogP contribution is 2.31. The Bertz CT molecular complexity index is 679. The van der Waals surface area contributed by atoms with Gasteiger partial charge in [0.05, 0.1) is 12.1 Å². The smallest absolute Gasteiger partial charge is 0.122 e. The van der Waals surface area contributed by atoms with Crippen molar-refractivity contribution >= 4 is 23.4 Å². The number of benzene rings is 1. The first-order valence-electron chi connectivity index (χ1n) is 6.24. The lowest BCUT2D eigenvalue weighted by atomic mass is 10.1. The molecule has 0 bridgehead atoms. The van der Waals surface area contributed by atoms with Crippen molar-refractivity contribution in [1.29, 1.82) is 0 Å². The second-order valence-corrected chi connectivity index (χ2v) is 5.44. The summed E-state index contributed by atoms with van der Waals surface area (Å²) < 4.78 is 5.36. The number of aliphatic hydroxyl groups is 1. The Labute approximate surface area is 133 Å². The van der Waals surface area contributed by atoms with Crippen LogP contribution in [0.25, 0.3) is 0 Å². The Balaban J connectivity index is 2.19. The third kappa shape index (κ3) is 4.40. The van der Waals surface area contributed by atoms with E-state index in [9.17, 15) is 0 Å². The number of rotatable bonds is 4. The zero-order valence-corrected chi connectivity index (χ0v) is 13.0. The van der Waals surface area contributed by atoms with Crippen LogP contribution in [-0.4, -0.2) is 23.8 Å². The Morgan fingerprint density at radius 3 is 2.95 bits per heavy atom. The summed E-state index contributed by atoms with van der Waals surface area (Å²) in [4.78, 5) is 4.25. The third-order valence-corrected chi connectivity index (χ3v) is 4.15. The summed E-state index contributed by atoms with van der Waals surface area (Å²) in [5.74, 6) is 7.00. The molecule has 5 heteroatoms. The Hall–Kier alpha value is -1.67. The Morgan fingerprint density at radius 1 is 1.38 bits per heavy atom. The molecule has 0 fully saturated rings. The highest BCUT2D eigenvalue weighted by atomic mass is 35.5. The van der Waals surface area contributed by atoms with E-state index in [1.807, 2.05) is 24.3 Å². The van der Waals surface area contributed by atoms with Crippen LogP contribution in [0.2, 0.25) is 5.02 Å². The summed E-state index contributed by atoms with van der Waals surface area (Å²) in [6.45, 7) is -0.153. The zero-order chi connectivity index (χ0) is 15.1. The average Bonchev–Trinajstić information content (AvgIpc) is 2.52. The lowest BCUT2D eigenvalue weighted by Gasteiger charge is -2.09. The minimum absolute atomic E-state index is 0.153. The molecule has 0 atom stereocenters. The van der Waals surface area contributed by atoms with Gasteiger partial charge in [-0.3, -0.25) is 0 Å². The van der Waals surface area contributed by atoms with Crippen LogP contribution in [0.1, 0.15) is 11.1 Å².